The molecule has 1 saturated carbocycles. The van der Waals surface area contributed by atoms with Crippen molar-refractivity contribution in [3.8, 4) is 0 Å². The van der Waals surface area contributed by atoms with Gasteiger partial charge in [-0.05, 0) is 32.8 Å². The maximum Gasteiger partial charge on any atom is 0.145 e. The molecule has 1 fully saturated rings. The van der Waals surface area contributed by atoms with Crippen LogP contribution in [0.15, 0.2) is 6.07 Å². The molecule has 0 bridgehead atoms. The summed E-state index contributed by atoms with van der Waals surface area (Å²) < 4.78 is 0. The lowest BCUT2D eigenvalue weighted by Gasteiger charge is -2.07. The van der Waals surface area contributed by atoms with Crippen LogP contribution in [0.25, 0.3) is 0 Å². The second kappa shape index (κ2) is 3.07. The van der Waals surface area contributed by atoms with E-state index in [2.05, 4.69) is 16.0 Å². The molecule has 0 aromatic carbocycles. The summed E-state index contributed by atoms with van der Waals surface area (Å²) >= 11 is 0. The van der Waals surface area contributed by atoms with Crippen molar-refractivity contribution in [1.29, 1.82) is 0 Å². The van der Waals surface area contributed by atoms with Gasteiger partial charge in [0.1, 0.15) is 5.82 Å². The Kier molecular flexibility index (Phi) is 2.04. The monoisotopic (exact) mass is 177 g/mol. The Hall–Kier alpha value is -0.960. The van der Waals surface area contributed by atoms with Crippen molar-refractivity contribution in [1.82, 2.24) is 9.97 Å². The Balaban J connectivity index is 2.36. The first-order valence-electron chi connectivity index (χ1n) is 4.78. The van der Waals surface area contributed by atoms with E-state index < -0.39 is 0 Å². The summed E-state index contributed by atoms with van der Waals surface area (Å²) in [5.74, 6) is 1.46. The van der Waals surface area contributed by atoms with Crippen LogP contribution in [0.4, 0.5) is 0 Å². The summed E-state index contributed by atoms with van der Waals surface area (Å²) in [6, 6.07) is 2.01. The smallest absolute Gasteiger partial charge is 0.145 e. The Morgan fingerprint density at radius 3 is 2.69 bits per heavy atom. The summed E-state index contributed by atoms with van der Waals surface area (Å²) in [5.41, 5.74) is 7.96. The molecule has 1 aromatic heterocycles. The van der Waals surface area contributed by atoms with Gasteiger partial charge >= 0.3 is 0 Å². The third kappa shape index (κ3) is 1.86. The zero-order chi connectivity index (χ0) is 9.42. The van der Waals surface area contributed by atoms with Crippen molar-refractivity contribution in [2.45, 2.75) is 38.6 Å². The van der Waals surface area contributed by atoms with Crippen molar-refractivity contribution in [2.75, 3.05) is 0 Å². The standard InChI is InChI=1S/C10H15N3/c1-6-5-9(8-3-4-8)13-10(12-6)7(2)11/h5,7-8H,3-4,11H2,1-2H3. The molecule has 1 aliphatic carbocycles. The Morgan fingerprint density at radius 1 is 1.46 bits per heavy atom. The topological polar surface area (TPSA) is 51.8 Å². The maximum atomic E-state index is 5.75. The van der Waals surface area contributed by atoms with Crippen molar-refractivity contribution >= 4 is 0 Å². The maximum absolute atomic E-state index is 5.75. The molecular weight excluding hydrogens is 162 g/mol. The lowest BCUT2D eigenvalue weighted by molar-refractivity contribution is 0.719. The lowest BCUT2D eigenvalue weighted by atomic mass is 10.2. The third-order valence-corrected chi connectivity index (χ3v) is 2.29. The van der Waals surface area contributed by atoms with Gasteiger partial charge < -0.3 is 5.73 Å². The van der Waals surface area contributed by atoms with Crippen molar-refractivity contribution < 1.29 is 0 Å². The van der Waals surface area contributed by atoms with Gasteiger partial charge in [0.25, 0.3) is 0 Å². The second-order valence-electron chi connectivity index (χ2n) is 3.86. The van der Waals surface area contributed by atoms with Crippen LogP contribution in [0.1, 0.15) is 48.9 Å². The van der Waals surface area contributed by atoms with Crippen LogP contribution < -0.4 is 5.73 Å². The van der Waals surface area contributed by atoms with Gasteiger partial charge in [-0.3, -0.25) is 0 Å². The molecular formula is C10H15N3. The lowest BCUT2D eigenvalue weighted by Crippen LogP contribution is -2.11. The third-order valence-electron chi connectivity index (χ3n) is 2.29. The predicted octanol–water partition coefficient (Wildman–Crippen LogP) is 1.68. The Morgan fingerprint density at radius 2 is 2.15 bits per heavy atom. The van der Waals surface area contributed by atoms with E-state index in [-0.39, 0.29) is 6.04 Å². The molecule has 1 unspecified atom stereocenters. The molecule has 0 spiro atoms. The average Bonchev–Trinajstić information content (AvgIpc) is 2.85. The molecule has 0 saturated heterocycles. The summed E-state index contributed by atoms with van der Waals surface area (Å²) in [5, 5.41) is 0. The largest absolute Gasteiger partial charge is 0.322 e. The van der Waals surface area contributed by atoms with Crippen LogP contribution in [0, 0.1) is 6.92 Å². The zero-order valence-corrected chi connectivity index (χ0v) is 8.12. The summed E-state index contributed by atoms with van der Waals surface area (Å²) in [6.45, 7) is 3.92. The molecule has 3 heteroatoms. The Bertz CT molecular complexity index is 296. The molecule has 1 heterocycles. The van der Waals surface area contributed by atoms with E-state index in [1.807, 2.05) is 13.8 Å². The number of aryl methyl sites for hydroxylation is 1. The minimum Gasteiger partial charge on any atom is -0.322 e. The highest BCUT2D eigenvalue weighted by molar-refractivity contribution is 5.19. The molecule has 1 aliphatic rings. The molecule has 1 aromatic rings. The number of hydrogen-bond donors (Lipinski definition) is 1. The predicted molar refractivity (Wildman–Crippen MR) is 51.3 cm³/mol. The van der Waals surface area contributed by atoms with Crippen LogP contribution in [0.5, 0.6) is 0 Å². The molecule has 0 radical (unpaired) electrons. The number of nitrogens with zero attached hydrogens (tertiary/aromatic N) is 2. The molecule has 0 amide bonds. The first-order chi connectivity index (χ1) is 6.16. The van der Waals surface area contributed by atoms with Gasteiger partial charge in [0.05, 0.1) is 6.04 Å². The molecule has 13 heavy (non-hydrogen) atoms. The van der Waals surface area contributed by atoms with Gasteiger partial charge in [-0.1, -0.05) is 0 Å². The number of nitrogens with two attached hydrogens (primary N) is 1. The van der Waals surface area contributed by atoms with Gasteiger partial charge in [-0.15, -0.1) is 0 Å². The molecule has 70 valence electrons. The van der Waals surface area contributed by atoms with Gasteiger partial charge in [-0.2, -0.15) is 0 Å². The number of aromatic nitrogens is 2. The summed E-state index contributed by atoms with van der Waals surface area (Å²) in [4.78, 5) is 8.77. The van der Waals surface area contributed by atoms with Gasteiger partial charge in [-0.25, -0.2) is 9.97 Å². The van der Waals surface area contributed by atoms with Gasteiger partial charge in [0, 0.05) is 17.3 Å². The van der Waals surface area contributed by atoms with E-state index in [0.29, 0.717) is 5.92 Å². The van der Waals surface area contributed by atoms with Crippen molar-refractivity contribution in [3.63, 3.8) is 0 Å². The van der Waals surface area contributed by atoms with Crippen molar-refractivity contribution in [3.05, 3.63) is 23.3 Å². The highest BCUT2D eigenvalue weighted by Crippen LogP contribution is 2.39. The fraction of sp³-hybridized carbons (Fsp3) is 0.600. The zero-order valence-electron chi connectivity index (χ0n) is 8.12. The highest BCUT2D eigenvalue weighted by Gasteiger charge is 2.25. The first-order valence-corrected chi connectivity index (χ1v) is 4.78. The van der Waals surface area contributed by atoms with E-state index in [4.69, 9.17) is 5.73 Å². The van der Waals surface area contributed by atoms with E-state index in [1.165, 1.54) is 18.5 Å². The summed E-state index contributed by atoms with van der Waals surface area (Å²) in [7, 11) is 0. The van der Waals surface area contributed by atoms with Crippen LogP contribution in [0.2, 0.25) is 0 Å². The van der Waals surface area contributed by atoms with E-state index in [9.17, 15) is 0 Å². The first kappa shape index (κ1) is 8.63. The normalized spacial score (nSPS) is 18.7. The number of hydrogen-bond acceptors (Lipinski definition) is 3. The minimum atomic E-state index is -0.0580. The highest BCUT2D eigenvalue weighted by atomic mass is 14.9. The fourth-order valence-corrected chi connectivity index (χ4v) is 1.41. The van der Waals surface area contributed by atoms with E-state index in [0.717, 1.165) is 11.5 Å². The molecule has 2 N–H and O–H groups in total. The fourth-order valence-electron chi connectivity index (χ4n) is 1.41. The number of rotatable bonds is 2. The molecule has 1 atom stereocenters. The molecule has 0 aliphatic heterocycles. The van der Waals surface area contributed by atoms with E-state index >= 15 is 0 Å². The minimum absolute atomic E-state index is 0.0580. The average molecular weight is 177 g/mol. The van der Waals surface area contributed by atoms with Crippen LogP contribution in [-0.2, 0) is 0 Å². The van der Waals surface area contributed by atoms with E-state index in [1.54, 1.807) is 0 Å². The SMILES string of the molecule is Cc1cc(C2CC2)nc(C(C)N)n1. The Labute approximate surface area is 78.4 Å². The van der Waals surface area contributed by atoms with Crippen LogP contribution >= 0.6 is 0 Å². The molecule has 2 rings (SSSR count). The van der Waals surface area contributed by atoms with Crippen LogP contribution in [-0.4, -0.2) is 9.97 Å². The van der Waals surface area contributed by atoms with Crippen molar-refractivity contribution in [2.24, 2.45) is 5.73 Å². The quantitative estimate of drug-likeness (QED) is 0.747. The second-order valence-corrected chi connectivity index (χ2v) is 3.86. The van der Waals surface area contributed by atoms with Gasteiger partial charge in [0.15, 0.2) is 0 Å². The van der Waals surface area contributed by atoms with Gasteiger partial charge in [0.2, 0.25) is 0 Å². The molecule has 3 nitrogen and oxygen atoms in total. The summed E-state index contributed by atoms with van der Waals surface area (Å²) in [6.07, 6.45) is 2.55. The van der Waals surface area contributed by atoms with Crippen LogP contribution in [0.3, 0.4) is 0 Å².